The van der Waals surface area contributed by atoms with E-state index >= 15 is 0 Å². The van der Waals surface area contributed by atoms with Gasteiger partial charge in [0.25, 0.3) is 5.91 Å². The highest BCUT2D eigenvalue weighted by atomic mass is 79.9. The smallest absolute Gasteiger partial charge is 0.268 e. The molecule has 1 amide bonds. The lowest BCUT2D eigenvalue weighted by Gasteiger charge is -1.98. The molecule has 2 aromatic rings. The van der Waals surface area contributed by atoms with Crippen molar-refractivity contribution in [2.24, 2.45) is 0 Å². The van der Waals surface area contributed by atoms with Crippen molar-refractivity contribution in [1.82, 2.24) is 20.4 Å². The van der Waals surface area contributed by atoms with Gasteiger partial charge in [-0.15, -0.1) is 0 Å². The van der Waals surface area contributed by atoms with Crippen LogP contribution in [0, 0.1) is 6.92 Å². The molecule has 2 rings (SSSR count). The van der Waals surface area contributed by atoms with Crippen LogP contribution in [0.1, 0.15) is 22.2 Å². The van der Waals surface area contributed by atoms with Crippen molar-refractivity contribution in [2.45, 2.75) is 13.5 Å². The topological polar surface area (TPSA) is 83.8 Å². The van der Waals surface area contributed by atoms with Crippen molar-refractivity contribution in [3.8, 4) is 0 Å². The maximum atomic E-state index is 11.6. The van der Waals surface area contributed by atoms with Crippen LogP contribution in [0.3, 0.4) is 0 Å². The molecule has 0 aliphatic heterocycles. The van der Waals surface area contributed by atoms with Gasteiger partial charge in [0, 0.05) is 10.7 Å². The molecular weight excluding hydrogens is 276 g/mol. The standard InChI is InChI=1S/C9H9BrN4O2/c1-5-13-8(16-14-5)4-12-9(15)7-2-6(10)3-11-7/h2-3,11H,4H2,1H3,(H,12,15). The Labute approximate surface area is 99.6 Å². The lowest BCUT2D eigenvalue weighted by molar-refractivity contribution is 0.0942. The number of nitrogens with one attached hydrogen (secondary N) is 2. The fourth-order valence-electron chi connectivity index (χ4n) is 1.16. The lowest BCUT2D eigenvalue weighted by atomic mass is 10.4. The molecule has 2 aromatic heterocycles. The summed E-state index contributed by atoms with van der Waals surface area (Å²) in [5, 5.41) is 6.27. The van der Waals surface area contributed by atoms with Crippen LogP contribution >= 0.6 is 15.9 Å². The second-order valence-corrected chi connectivity index (χ2v) is 4.07. The minimum atomic E-state index is -0.221. The van der Waals surface area contributed by atoms with Crippen molar-refractivity contribution in [3.63, 3.8) is 0 Å². The SMILES string of the molecule is Cc1noc(CNC(=O)c2cc(Br)c[nH]2)n1. The van der Waals surface area contributed by atoms with Gasteiger partial charge in [0.15, 0.2) is 5.82 Å². The molecule has 0 bridgehead atoms. The van der Waals surface area contributed by atoms with E-state index in [4.69, 9.17) is 4.52 Å². The van der Waals surface area contributed by atoms with Crippen molar-refractivity contribution in [1.29, 1.82) is 0 Å². The summed E-state index contributed by atoms with van der Waals surface area (Å²) in [4.78, 5) is 18.4. The largest absolute Gasteiger partial charge is 0.356 e. The zero-order valence-corrected chi connectivity index (χ0v) is 10.0. The predicted octanol–water partition coefficient (Wildman–Crippen LogP) is 1.40. The van der Waals surface area contributed by atoms with Crippen molar-refractivity contribution in [2.75, 3.05) is 0 Å². The van der Waals surface area contributed by atoms with Crippen LogP contribution < -0.4 is 5.32 Å². The lowest BCUT2D eigenvalue weighted by Crippen LogP contribution is -2.23. The Kier molecular flexibility index (Phi) is 3.04. The van der Waals surface area contributed by atoms with E-state index in [1.54, 1.807) is 19.2 Å². The highest BCUT2D eigenvalue weighted by Crippen LogP contribution is 2.10. The van der Waals surface area contributed by atoms with Gasteiger partial charge < -0.3 is 14.8 Å². The molecule has 0 saturated carbocycles. The maximum absolute atomic E-state index is 11.6. The summed E-state index contributed by atoms with van der Waals surface area (Å²) in [7, 11) is 0. The van der Waals surface area contributed by atoms with Gasteiger partial charge >= 0.3 is 0 Å². The first-order valence-electron chi connectivity index (χ1n) is 4.56. The number of aromatic amines is 1. The number of amides is 1. The highest BCUT2D eigenvalue weighted by molar-refractivity contribution is 9.10. The molecule has 6 nitrogen and oxygen atoms in total. The van der Waals surface area contributed by atoms with E-state index in [0.717, 1.165) is 4.47 Å². The molecule has 0 radical (unpaired) electrons. The van der Waals surface area contributed by atoms with Gasteiger partial charge in [-0.1, -0.05) is 5.16 Å². The Morgan fingerprint density at radius 2 is 2.50 bits per heavy atom. The van der Waals surface area contributed by atoms with Crippen LogP contribution in [0.15, 0.2) is 21.3 Å². The van der Waals surface area contributed by atoms with Crippen LogP contribution in [0.25, 0.3) is 0 Å². The molecule has 0 spiro atoms. The van der Waals surface area contributed by atoms with Gasteiger partial charge in [-0.3, -0.25) is 4.79 Å². The number of hydrogen-bond donors (Lipinski definition) is 2. The van der Waals surface area contributed by atoms with E-state index in [2.05, 4.69) is 36.4 Å². The zero-order chi connectivity index (χ0) is 11.5. The minimum Gasteiger partial charge on any atom is -0.356 e. The van der Waals surface area contributed by atoms with E-state index in [-0.39, 0.29) is 12.5 Å². The van der Waals surface area contributed by atoms with Crippen LogP contribution in [0.4, 0.5) is 0 Å². The quantitative estimate of drug-likeness (QED) is 0.892. The summed E-state index contributed by atoms with van der Waals surface area (Å²) < 4.78 is 5.69. The zero-order valence-electron chi connectivity index (χ0n) is 8.45. The number of hydrogen-bond acceptors (Lipinski definition) is 4. The normalized spacial score (nSPS) is 10.4. The molecule has 0 saturated heterocycles. The summed E-state index contributed by atoms with van der Waals surface area (Å²) >= 11 is 3.25. The van der Waals surface area contributed by atoms with Gasteiger partial charge in [-0.05, 0) is 28.9 Å². The molecule has 2 N–H and O–H groups in total. The second-order valence-electron chi connectivity index (χ2n) is 3.15. The molecule has 0 aromatic carbocycles. The summed E-state index contributed by atoms with van der Waals surface area (Å²) in [6.45, 7) is 1.94. The Morgan fingerprint density at radius 3 is 3.06 bits per heavy atom. The Hall–Kier alpha value is -1.63. The summed E-state index contributed by atoms with van der Waals surface area (Å²) in [6, 6.07) is 1.69. The number of aryl methyl sites for hydroxylation is 1. The molecule has 0 aliphatic carbocycles. The monoisotopic (exact) mass is 284 g/mol. The van der Waals surface area contributed by atoms with Crippen LogP contribution in [-0.2, 0) is 6.54 Å². The summed E-state index contributed by atoms with van der Waals surface area (Å²) in [5.41, 5.74) is 0.475. The number of aromatic nitrogens is 3. The first kappa shape index (κ1) is 10.9. The molecular formula is C9H9BrN4O2. The van der Waals surface area contributed by atoms with Crippen molar-refractivity contribution < 1.29 is 9.32 Å². The molecule has 0 atom stereocenters. The third kappa shape index (κ3) is 2.48. The Balaban J connectivity index is 1.93. The number of carbonyl (C=O) groups excluding carboxylic acids is 1. The molecule has 0 aliphatic rings. The molecule has 0 unspecified atom stereocenters. The van der Waals surface area contributed by atoms with Crippen molar-refractivity contribution in [3.05, 3.63) is 34.1 Å². The van der Waals surface area contributed by atoms with E-state index in [0.29, 0.717) is 17.4 Å². The summed E-state index contributed by atoms with van der Waals surface area (Å²) in [6.07, 6.45) is 1.69. The Morgan fingerprint density at radius 1 is 1.69 bits per heavy atom. The Bertz CT molecular complexity index is 505. The number of nitrogens with zero attached hydrogens (tertiary/aromatic N) is 2. The van der Waals surface area contributed by atoms with E-state index in [1.165, 1.54) is 0 Å². The van der Waals surface area contributed by atoms with Gasteiger partial charge in [-0.2, -0.15) is 4.98 Å². The molecule has 16 heavy (non-hydrogen) atoms. The fourth-order valence-corrected chi connectivity index (χ4v) is 1.51. The molecule has 84 valence electrons. The third-order valence-corrected chi connectivity index (χ3v) is 2.32. The average molecular weight is 285 g/mol. The van der Waals surface area contributed by atoms with Crippen LogP contribution in [0.2, 0.25) is 0 Å². The van der Waals surface area contributed by atoms with E-state index in [9.17, 15) is 4.79 Å². The van der Waals surface area contributed by atoms with E-state index < -0.39 is 0 Å². The van der Waals surface area contributed by atoms with Crippen LogP contribution in [0.5, 0.6) is 0 Å². The highest BCUT2D eigenvalue weighted by Gasteiger charge is 2.09. The van der Waals surface area contributed by atoms with Gasteiger partial charge in [-0.25, -0.2) is 0 Å². The maximum Gasteiger partial charge on any atom is 0.268 e. The fraction of sp³-hybridized carbons (Fsp3) is 0.222. The van der Waals surface area contributed by atoms with Gasteiger partial charge in [0.05, 0.1) is 6.54 Å². The number of rotatable bonds is 3. The summed E-state index contributed by atoms with van der Waals surface area (Å²) in [5.74, 6) is 0.713. The van der Waals surface area contributed by atoms with Crippen molar-refractivity contribution >= 4 is 21.8 Å². The molecule has 0 fully saturated rings. The molecule has 7 heteroatoms. The third-order valence-electron chi connectivity index (χ3n) is 1.86. The van der Waals surface area contributed by atoms with E-state index in [1.807, 2.05) is 0 Å². The average Bonchev–Trinajstić information content (AvgIpc) is 2.84. The number of carbonyl (C=O) groups is 1. The predicted molar refractivity (Wildman–Crippen MR) is 58.7 cm³/mol. The number of halogens is 1. The second kappa shape index (κ2) is 4.48. The first-order chi connectivity index (χ1) is 7.65. The minimum absolute atomic E-state index is 0.219. The first-order valence-corrected chi connectivity index (χ1v) is 5.36. The van der Waals surface area contributed by atoms with Crippen LogP contribution in [-0.4, -0.2) is 21.0 Å². The molecule has 2 heterocycles. The van der Waals surface area contributed by atoms with Gasteiger partial charge in [0.1, 0.15) is 5.69 Å². The number of H-pyrrole nitrogens is 1. The van der Waals surface area contributed by atoms with Gasteiger partial charge in [0.2, 0.25) is 5.89 Å².